The van der Waals surface area contributed by atoms with E-state index in [-0.39, 0.29) is 17.3 Å². The van der Waals surface area contributed by atoms with Crippen LogP contribution in [0.4, 0.5) is 13.2 Å². The first kappa shape index (κ1) is 15.1. The van der Waals surface area contributed by atoms with Gasteiger partial charge in [0.25, 0.3) is 0 Å². The summed E-state index contributed by atoms with van der Waals surface area (Å²) in [5, 5.41) is 9.00. The molecule has 0 amide bonds. The number of benzene rings is 1. The van der Waals surface area contributed by atoms with Crippen molar-refractivity contribution < 1.29 is 17.9 Å². The second-order valence-corrected chi connectivity index (χ2v) is 4.43. The smallest absolute Gasteiger partial charge is 0.406 e. The van der Waals surface area contributed by atoms with Crippen LogP contribution in [0.25, 0.3) is 11.1 Å². The van der Waals surface area contributed by atoms with E-state index in [4.69, 9.17) is 16.9 Å². The van der Waals surface area contributed by atoms with Crippen LogP contribution in [0.2, 0.25) is 5.15 Å². The van der Waals surface area contributed by atoms with E-state index >= 15 is 0 Å². The first-order valence-electron chi connectivity index (χ1n) is 5.77. The molecule has 3 nitrogen and oxygen atoms in total. The van der Waals surface area contributed by atoms with Crippen LogP contribution in [0, 0.1) is 11.3 Å². The van der Waals surface area contributed by atoms with Crippen molar-refractivity contribution in [3.63, 3.8) is 0 Å². The fraction of sp³-hybridized carbons (Fsp3) is 0.143. The standard InChI is InChI=1S/C14H8ClF3N2O/c15-13-5-4-11(12(20-13)6-7-19)9-2-1-3-10(8-9)21-14(16,17)18/h1-5,8H,6H2. The SMILES string of the molecule is N#CCc1nc(Cl)ccc1-c1cccc(OC(F)(F)F)c1. The molecule has 0 saturated carbocycles. The maximum atomic E-state index is 12.2. The molecule has 108 valence electrons. The molecule has 0 saturated heterocycles. The van der Waals surface area contributed by atoms with Gasteiger partial charge in [-0.1, -0.05) is 23.7 Å². The highest BCUT2D eigenvalue weighted by molar-refractivity contribution is 6.29. The number of aromatic nitrogens is 1. The number of halogens is 4. The fourth-order valence-electron chi connectivity index (χ4n) is 1.81. The van der Waals surface area contributed by atoms with Gasteiger partial charge in [-0.2, -0.15) is 5.26 Å². The van der Waals surface area contributed by atoms with Crippen LogP contribution in [-0.2, 0) is 6.42 Å². The predicted molar refractivity (Wildman–Crippen MR) is 70.7 cm³/mol. The molecule has 0 atom stereocenters. The van der Waals surface area contributed by atoms with E-state index in [1.54, 1.807) is 12.1 Å². The summed E-state index contributed by atoms with van der Waals surface area (Å²) in [5.74, 6) is -0.335. The summed E-state index contributed by atoms with van der Waals surface area (Å²) >= 11 is 5.76. The third kappa shape index (κ3) is 4.10. The molecule has 0 spiro atoms. The zero-order valence-electron chi connectivity index (χ0n) is 10.5. The van der Waals surface area contributed by atoms with Crippen LogP contribution < -0.4 is 4.74 Å². The molecule has 0 bridgehead atoms. The summed E-state index contributed by atoms with van der Waals surface area (Å²) < 4.78 is 40.6. The number of hydrogen-bond donors (Lipinski definition) is 0. The Bertz CT molecular complexity index is 695. The molecule has 2 aromatic rings. The molecule has 1 aromatic carbocycles. The lowest BCUT2D eigenvalue weighted by molar-refractivity contribution is -0.274. The Morgan fingerprint density at radius 2 is 2.00 bits per heavy atom. The summed E-state index contributed by atoms with van der Waals surface area (Å²) in [6, 6.07) is 10.5. The first-order chi connectivity index (χ1) is 9.89. The number of ether oxygens (including phenoxy) is 1. The van der Waals surface area contributed by atoms with Gasteiger partial charge in [-0.05, 0) is 29.8 Å². The number of nitriles is 1. The van der Waals surface area contributed by atoms with Crippen molar-refractivity contribution >= 4 is 11.6 Å². The quantitative estimate of drug-likeness (QED) is 0.791. The summed E-state index contributed by atoms with van der Waals surface area (Å²) in [6.07, 6.45) is -4.76. The molecule has 1 heterocycles. The lowest BCUT2D eigenvalue weighted by atomic mass is 10.0. The summed E-state index contributed by atoms with van der Waals surface area (Å²) in [7, 11) is 0. The summed E-state index contributed by atoms with van der Waals surface area (Å²) in [6.45, 7) is 0. The molecule has 0 fully saturated rings. The van der Waals surface area contributed by atoms with Crippen LogP contribution in [0.15, 0.2) is 36.4 Å². The van der Waals surface area contributed by atoms with Gasteiger partial charge < -0.3 is 4.74 Å². The average molecular weight is 313 g/mol. The van der Waals surface area contributed by atoms with E-state index in [9.17, 15) is 13.2 Å². The van der Waals surface area contributed by atoms with E-state index in [1.807, 2.05) is 6.07 Å². The molecule has 0 radical (unpaired) electrons. The van der Waals surface area contributed by atoms with Crippen molar-refractivity contribution in [2.75, 3.05) is 0 Å². The Morgan fingerprint density at radius 3 is 2.67 bits per heavy atom. The minimum atomic E-state index is -4.76. The predicted octanol–water partition coefficient (Wildman–Crippen LogP) is 4.37. The van der Waals surface area contributed by atoms with Crippen LogP contribution in [0.5, 0.6) is 5.75 Å². The van der Waals surface area contributed by atoms with Gasteiger partial charge >= 0.3 is 6.36 Å². The molecule has 0 unspecified atom stereocenters. The van der Waals surface area contributed by atoms with Gasteiger partial charge in [-0.3, -0.25) is 0 Å². The highest BCUT2D eigenvalue weighted by atomic mass is 35.5. The van der Waals surface area contributed by atoms with Crippen LogP contribution >= 0.6 is 11.6 Å². The molecule has 1 aromatic heterocycles. The van der Waals surface area contributed by atoms with Crippen molar-refractivity contribution in [1.29, 1.82) is 5.26 Å². The summed E-state index contributed by atoms with van der Waals surface area (Å²) in [5.41, 5.74) is 1.40. The van der Waals surface area contributed by atoms with E-state index in [0.29, 0.717) is 16.8 Å². The largest absolute Gasteiger partial charge is 0.573 e. The topological polar surface area (TPSA) is 45.9 Å². The Hall–Kier alpha value is -2.26. The Morgan fingerprint density at radius 1 is 1.24 bits per heavy atom. The van der Waals surface area contributed by atoms with Crippen molar-refractivity contribution in [3.8, 4) is 22.9 Å². The zero-order chi connectivity index (χ0) is 15.5. The van der Waals surface area contributed by atoms with Gasteiger partial charge in [0, 0.05) is 5.56 Å². The van der Waals surface area contributed by atoms with E-state index in [0.717, 1.165) is 0 Å². The highest BCUT2D eigenvalue weighted by Crippen LogP contribution is 2.30. The second-order valence-electron chi connectivity index (χ2n) is 4.04. The molecule has 21 heavy (non-hydrogen) atoms. The molecular formula is C14H8ClF3N2O. The van der Waals surface area contributed by atoms with Crippen LogP contribution in [0.1, 0.15) is 5.69 Å². The molecule has 0 N–H and O–H groups in total. The molecule has 2 rings (SSSR count). The maximum absolute atomic E-state index is 12.2. The molecule has 0 aliphatic heterocycles. The van der Waals surface area contributed by atoms with Gasteiger partial charge in [0.15, 0.2) is 0 Å². The normalized spacial score (nSPS) is 11.0. The van der Waals surface area contributed by atoms with Gasteiger partial charge in [0.05, 0.1) is 18.2 Å². The van der Waals surface area contributed by atoms with E-state index in [2.05, 4.69) is 9.72 Å². The van der Waals surface area contributed by atoms with Crippen molar-refractivity contribution in [1.82, 2.24) is 4.98 Å². The van der Waals surface area contributed by atoms with Crippen molar-refractivity contribution in [2.45, 2.75) is 12.8 Å². The van der Waals surface area contributed by atoms with E-state index in [1.165, 1.54) is 24.3 Å². The minimum Gasteiger partial charge on any atom is -0.406 e. The third-order valence-corrected chi connectivity index (χ3v) is 2.78. The Balaban J connectivity index is 2.43. The number of pyridine rings is 1. The van der Waals surface area contributed by atoms with Gasteiger partial charge in [0.2, 0.25) is 0 Å². The Kier molecular flexibility index (Phi) is 4.34. The number of alkyl halides is 3. The lowest BCUT2D eigenvalue weighted by Gasteiger charge is -2.11. The first-order valence-corrected chi connectivity index (χ1v) is 6.15. The Labute approximate surface area is 123 Å². The highest BCUT2D eigenvalue weighted by Gasteiger charge is 2.31. The molecule has 0 aliphatic carbocycles. The number of hydrogen-bond acceptors (Lipinski definition) is 3. The minimum absolute atomic E-state index is 0.000247. The van der Waals surface area contributed by atoms with Crippen LogP contribution in [0.3, 0.4) is 0 Å². The van der Waals surface area contributed by atoms with Gasteiger partial charge in [-0.25, -0.2) is 4.98 Å². The van der Waals surface area contributed by atoms with Crippen molar-refractivity contribution in [3.05, 3.63) is 47.2 Å². The van der Waals surface area contributed by atoms with Gasteiger partial charge in [-0.15, -0.1) is 13.2 Å². The monoisotopic (exact) mass is 312 g/mol. The summed E-state index contributed by atoms with van der Waals surface area (Å²) in [4.78, 5) is 4.02. The van der Waals surface area contributed by atoms with Crippen LogP contribution in [-0.4, -0.2) is 11.3 Å². The fourth-order valence-corrected chi connectivity index (χ4v) is 1.97. The zero-order valence-corrected chi connectivity index (χ0v) is 11.2. The lowest BCUT2D eigenvalue weighted by Crippen LogP contribution is -2.17. The molecule has 7 heteroatoms. The average Bonchev–Trinajstić information content (AvgIpc) is 2.37. The third-order valence-electron chi connectivity index (χ3n) is 2.57. The molecule has 0 aliphatic rings. The van der Waals surface area contributed by atoms with Gasteiger partial charge in [0.1, 0.15) is 10.9 Å². The second kappa shape index (κ2) is 6.02. The van der Waals surface area contributed by atoms with Crippen molar-refractivity contribution in [2.24, 2.45) is 0 Å². The number of nitrogens with zero attached hydrogens (tertiary/aromatic N) is 2. The maximum Gasteiger partial charge on any atom is 0.573 e. The molecular weight excluding hydrogens is 305 g/mol. The number of rotatable bonds is 3. The van der Waals surface area contributed by atoms with E-state index < -0.39 is 6.36 Å².